The molecule has 0 saturated heterocycles. The van der Waals surface area contributed by atoms with Crippen LogP contribution in [0.2, 0.25) is 0 Å². The van der Waals surface area contributed by atoms with Crippen LogP contribution in [0.5, 0.6) is 0 Å². The van der Waals surface area contributed by atoms with Crippen molar-refractivity contribution in [3.05, 3.63) is 103 Å². The number of carbonyl (C=O) groups is 3. The summed E-state index contributed by atoms with van der Waals surface area (Å²) in [4.78, 5) is 49.8. The Hall–Kier alpha value is -3.65. The van der Waals surface area contributed by atoms with Gasteiger partial charge < -0.3 is 5.32 Å². The summed E-state index contributed by atoms with van der Waals surface area (Å²) in [7, 11) is 0. The van der Waals surface area contributed by atoms with Crippen LogP contribution in [-0.4, -0.2) is 22.4 Å². The smallest absolute Gasteiger partial charge is 0.273 e. The van der Waals surface area contributed by atoms with Crippen molar-refractivity contribution in [2.24, 2.45) is 0 Å². The van der Waals surface area contributed by atoms with Gasteiger partial charge >= 0.3 is 0 Å². The maximum Gasteiger partial charge on any atom is 0.273 e. The van der Waals surface area contributed by atoms with Crippen molar-refractivity contribution in [1.82, 2.24) is 0 Å². The first kappa shape index (κ1) is 20.6. The summed E-state index contributed by atoms with van der Waals surface area (Å²) in [5.74, 6) is -1.21. The Morgan fingerprint density at radius 3 is 2.23 bits per heavy atom. The van der Waals surface area contributed by atoms with E-state index in [0.717, 1.165) is 0 Å². The van der Waals surface area contributed by atoms with E-state index in [9.17, 15) is 24.5 Å². The van der Waals surface area contributed by atoms with Gasteiger partial charge in [0.1, 0.15) is 0 Å². The molecular formula is C23H15BrN2O5. The van der Waals surface area contributed by atoms with E-state index in [4.69, 9.17) is 0 Å². The quantitative estimate of drug-likeness (QED) is 0.340. The molecule has 0 saturated carbocycles. The van der Waals surface area contributed by atoms with Gasteiger partial charge in [0, 0.05) is 27.2 Å². The topological polar surface area (TPSA) is 106 Å². The zero-order valence-electron chi connectivity index (χ0n) is 16.3. The fraction of sp³-hybridized carbons (Fsp3) is 0.0870. The zero-order chi connectivity index (χ0) is 22.3. The lowest BCUT2D eigenvalue weighted by atomic mass is 9.82. The van der Waals surface area contributed by atoms with Gasteiger partial charge in [-0.15, -0.1) is 0 Å². The van der Waals surface area contributed by atoms with Gasteiger partial charge in [-0.1, -0.05) is 42.5 Å². The van der Waals surface area contributed by atoms with Gasteiger partial charge in [0.05, 0.1) is 28.2 Å². The van der Waals surface area contributed by atoms with Gasteiger partial charge in [-0.3, -0.25) is 24.5 Å². The van der Waals surface area contributed by atoms with Crippen molar-refractivity contribution >= 4 is 44.8 Å². The minimum absolute atomic E-state index is 0.117. The van der Waals surface area contributed by atoms with Gasteiger partial charge in [0.25, 0.3) is 5.69 Å². The van der Waals surface area contributed by atoms with E-state index in [1.807, 2.05) is 0 Å². The number of rotatable bonds is 4. The number of para-hydroxylation sites is 1. The van der Waals surface area contributed by atoms with Crippen LogP contribution >= 0.6 is 15.9 Å². The molecule has 0 bridgehead atoms. The average Bonchev–Trinajstić information content (AvgIpc) is 2.74. The first-order valence-corrected chi connectivity index (χ1v) is 10.1. The maximum absolute atomic E-state index is 13.2. The molecule has 0 spiro atoms. The Kier molecular flexibility index (Phi) is 5.24. The molecule has 3 aromatic rings. The summed E-state index contributed by atoms with van der Waals surface area (Å²) in [5, 5.41) is 13.9. The van der Waals surface area contributed by atoms with Crippen LogP contribution in [0.25, 0.3) is 0 Å². The molecule has 154 valence electrons. The lowest BCUT2D eigenvalue weighted by Crippen LogP contribution is -2.25. The molecule has 4 rings (SSSR count). The second-order valence-corrected chi connectivity index (χ2v) is 7.97. The van der Waals surface area contributed by atoms with E-state index in [2.05, 4.69) is 21.2 Å². The van der Waals surface area contributed by atoms with E-state index >= 15 is 0 Å². The van der Waals surface area contributed by atoms with Crippen molar-refractivity contribution in [2.75, 3.05) is 5.32 Å². The number of halogens is 1. The molecule has 0 unspecified atom stereocenters. The number of nitro benzene ring substituents is 1. The molecule has 31 heavy (non-hydrogen) atoms. The van der Waals surface area contributed by atoms with Crippen LogP contribution < -0.4 is 5.32 Å². The Balaban J connectivity index is 1.76. The second kappa shape index (κ2) is 7.88. The summed E-state index contributed by atoms with van der Waals surface area (Å²) in [6.45, 7) is 1.71. The van der Waals surface area contributed by atoms with E-state index in [1.165, 1.54) is 18.2 Å². The summed E-state index contributed by atoms with van der Waals surface area (Å²) in [6.07, 6.45) is -0.250. The van der Waals surface area contributed by atoms with Gasteiger partial charge in [-0.25, -0.2) is 0 Å². The number of anilines is 1. The number of benzene rings is 3. The minimum atomic E-state index is -0.547. The zero-order valence-corrected chi connectivity index (χ0v) is 17.9. The molecule has 1 N–H and O–H groups in total. The Morgan fingerprint density at radius 2 is 1.58 bits per heavy atom. The molecule has 0 atom stereocenters. The monoisotopic (exact) mass is 478 g/mol. The van der Waals surface area contributed by atoms with E-state index in [1.54, 1.807) is 43.3 Å². The first-order chi connectivity index (χ1) is 14.8. The third-order valence-corrected chi connectivity index (χ3v) is 5.78. The highest BCUT2D eigenvalue weighted by Gasteiger charge is 2.34. The second-order valence-electron chi connectivity index (χ2n) is 7.11. The number of aryl methyl sites for hydroxylation is 1. The molecule has 0 aromatic heterocycles. The van der Waals surface area contributed by atoms with Crippen molar-refractivity contribution in [3.63, 3.8) is 0 Å². The molecule has 0 heterocycles. The maximum atomic E-state index is 13.2. The average molecular weight is 479 g/mol. The molecule has 1 amide bonds. The van der Waals surface area contributed by atoms with E-state index < -0.39 is 10.8 Å². The summed E-state index contributed by atoms with van der Waals surface area (Å²) >= 11 is 3.37. The number of fused-ring (bicyclic) bond motifs is 2. The summed E-state index contributed by atoms with van der Waals surface area (Å²) in [6, 6.07) is 14.2. The third-order valence-electron chi connectivity index (χ3n) is 5.15. The number of nitrogens with zero attached hydrogens (tertiary/aromatic N) is 1. The molecule has 3 aromatic carbocycles. The van der Waals surface area contributed by atoms with Crippen molar-refractivity contribution < 1.29 is 19.3 Å². The molecule has 8 heteroatoms. The van der Waals surface area contributed by atoms with Crippen LogP contribution in [0.4, 0.5) is 11.4 Å². The number of hydrogen-bond acceptors (Lipinski definition) is 5. The van der Waals surface area contributed by atoms with Gasteiger partial charge in [-0.2, -0.15) is 0 Å². The SMILES string of the molecule is Cc1cc(Br)c2c(c1NC(=O)Cc1ccccc1[N+](=O)[O-])C(=O)c1ccccc1C2=O. The molecule has 7 nitrogen and oxygen atoms in total. The third kappa shape index (κ3) is 3.55. The molecule has 0 aliphatic heterocycles. The van der Waals surface area contributed by atoms with E-state index in [-0.39, 0.29) is 51.6 Å². The van der Waals surface area contributed by atoms with Crippen LogP contribution in [0.3, 0.4) is 0 Å². The predicted molar refractivity (Wildman–Crippen MR) is 118 cm³/mol. The van der Waals surface area contributed by atoms with Crippen LogP contribution in [-0.2, 0) is 11.2 Å². The van der Waals surface area contributed by atoms with E-state index in [0.29, 0.717) is 15.6 Å². The fourth-order valence-corrected chi connectivity index (χ4v) is 4.45. The number of carbonyl (C=O) groups excluding carboxylic acids is 3. The number of amides is 1. The van der Waals surface area contributed by atoms with Crippen molar-refractivity contribution in [1.29, 1.82) is 0 Å². The molecule has 1 aliphatic rings. The summed E-state index contributed by atoms with van der Waals surface area (Å²) < 4.78 is 0.463. The fourth-order valence-electron chi connectivity index (χ4n) is 3.73. The summed E-state index contributed by atoms with van der Waals surface area (Å²) in [5.41, 5.74) is 1.79. The Morgan fingerprint density at radius 1 is 1.00 bits per heavy atom. The Labute approximate surface area is 185 Å². The highest BCUT2D eigenvalue weighted by molar-refractivity contribution is 9.10. The molecular weight excluding hydrogens is 464 g/mol. The highest BCUT2D eigenvalue weighted by atomic mass is 79.9. The van der Waals surface area contributed by atoms with Crippen molar-refractivity contribution in [3.8, 4) is 0 Å². The first-order valence-electron chi connectivity index (χ1n) is 9.33. The standard InChI is InChI=1S/C23H15BrN2O5/c1-12-10-16(24)19-20(23(29)15-8-4-3-7-14(15)22(19)28)21(12)25-18(27)11-13-6-2-5-9-17(13)26(30)31/h2-10H,11H2,1H3,(H,25,27). The highest BCUT2D eigenvalue weighted by Crippen LogP contribution is 2.38. The largest absolute Gasteiger partial charge is 0.325 e. The normalized spacial score (nSPS) is 12.2. The molecule has 1 aliphatic carbocycles. The minimum Gasteiger partial charge on any atom is -0.325 e. The lowest BCUT2D eigenvalue weighted by molar-refractivity contribution is -0.385. The van der Waals surface area contributed by atoms with Gasteiger partial charge in [0.15, 0.2) is 11.6 Å². The number of ketones is 2. The van der Waals surface area contributed by atoms with Gasteiger partial charge in [-0.05, 0) is 34.5 Å². The van der Waals surface area contributed by atoms with Crippen LogP contribution in [0, 0.1) is 17.0 Å². The number of hydrogen-bond donors (Lipinski definition) is 1. The number of nitro groups is 1. The number of nitrogens with one attached hydrogen (secondary N) is 1. The molecule has 0 fully saturated rings. The van der Waals surface area contributed by atoms with Crippen LogP contribution in [0.15, 0.2) is 59.1 Å². The Bertz CT molecular complexity index is 1300. The van der Waals surface area contributed by atoms with Gasteiger partial charge in [0.2, 0.25) is 5.91 Å². The molecule has 0 radical (unpaired) electrons. The predicted octanol–water partition coefficient (Wildman–Crippen LogP) is 4.62. The lowest BCUT2D eigenvalue weighted by Gasteiger charge is -2.23. The van der Waals surface area contributed by atoms with Crippen LogP contribution in [0.1, 0.15) is 43.0 Å². The van der Waals surface area contributed by atoms with Crippen molar-refractivity contribution in [2.45, 2.75) is 13.3 Å².